The number of hydrogen-bond donors (Lipinski definition) is 3. The fourth-order valence-corrected chi connectivity index (χ4v) is 4.25. The van der Waals surface area contributed by atoms with E-state index in [4.69, 9.17) is 0 Å². The van der Waals surface area contributed by atoms with Crippen LogP contribution in [0.2, 0.25) is 0 Å². The Kier molecular flexibility index (Phi) is 10.3. The molecule has 0 radical (unpaired) electrons. The van der Waals surface area contributed by atoms with Gasteiger partial charge >= 0.3 is 0 Å². The minimum absolute atomic E-state index is 0. The fourth-order valence-electron chi connectivity index (χ4n) is 2.46. The van der Waals surface area contributed by atoms with Crippen LogP contribution in [0.3, 0.4) is 0 Å². The Balaban J connectivity index is 0.00000312. The predicted octanol–water partition coefficient (Wildman–Crippen LogP) is 2.35. The number of thiophene rings is 1. The van der Waals surface area contributed by atoms with Crippen LogP contribution in [0.1, 0.15) is 37.0 Å². The van der Waals surface area contributed by atoms with Gasteiger partial charge in [0.2, 0.25) is 10.0 Å². The zero-order valence-corrected chi connectivity index (χ0v) is 18.8. The zero-order chi connectivity index (χ0) is 17.4. The molecule has 3 N–H and O–H groups in total. The van der Waals surface area contributed by atoms with Crippen molar-refractivity contribution in [1.29, 1.82) is 0 Å². The maximum atomic E-state index is 12.0. The fraction of sp³-hybridized carbons (Fsp3) is 0.688. The standard InChI is InChI=1S/C16H28N4O2S2.HI/c1-13(15-7-4-9-23-15)11-19-16(17-2)18-8-10-24(21,22)20-12-14-5-3-6-14;/h4,7,9,13-14,20H,3,5-6,8,10-12H2,1-2H3,(H2,17,18,19);1H. The second-order valence-corrected chi connectivity index (χ2v) is 9.17. The predicted molar refractivity (Wildman–Crippen MR) is 117 cm³/mol. The van der Waals surface area contributed by atoms with Crippen LogP contribution in [0, 0.1) is 5.92 Å². The first-order chi connectivity index (χ1) is 11.5. The van der Waals surface area contributed by atoms with Gasteiger partial charge in [-0.15, -0.1) is 35.3 Å². The van der Waals surface area contributed by atoms with Gasteiger partial charge in [0.1, 0.15) is 0 Å². The van der Waals surface area contributed by atoms with Gasteiger partial charge in [-0.3, -0.25) is 4.99 Å². The smallest absolute Gasteiger partial charge is 0.213 e. The Morgan fingerprint density at radius 1 is 1.40 bits per heavy atom. The molecule has 1 saturated carbocycles. The highest BCUT2D eigenvalue weighted by atomic mass is 127. The molecular weight excluding hydrogens is 471 g/mol. The number of hydrogen-bond acceptors (Lipinski definition) is 4. The van der Waals surface area contributed by atoms with E-state index in [0.717, 1.165) is 19.4 Å². The Hall–Kier alpha value is -0.390. The maximum absolute atomic E-state index is 12.0. The van der Waals surface area contributed by atoms with Crippen molar-refractivity contribution in [3.05, 3.63) is 22.4 Å². The minimum Gasteiger partial charge on any atom is -0.356 e. The molecule has 1 aromatic rings. The summed E-state index contributed by atoms with van der Waals surface area (Å²) in [4.78, 5) is 5.46. The van der Waals surface area contributed by atoms with Crippen molar-refractivity contribution in [2.75, 3.05) is 32.4 Å². The summed E-state index contributed by atoms with van der Waals surface area (Å²) < 4.78 is 26.6. The molecule has 0 saturated heterocycles. The molecule has 1 aliphatic rings. The summed E-state index contributed by atoms with van der Waals surface area (Å²) in [6, 6.07) is 4.17. The lowest BCUT2D eigenvalue weighted by molar-refractivity contribution is 0.316. The SMILES string of the molecule is CN=C(NCCS(=O)(=O)NCC1CCC1)NCC(C)c1cccs1.I. The molecule has 0 aromatic carbocycles. The van der Waals surface area contributed by atoms with Crippen LogP contribution in [-0.2, 0) is 10.0 Å². The average molecular weight is 500 g/mol. The van der Waals surface area contributed by atoms with E-state index in [9.17, 15) is 8.42 Å². The first-order valence-corrected chi connectivity index (χ1v) is 11.0. The van der Waals surface area contributed by atoms with Crippen molar-refractivity contribution in [3.63, 3.8) is 0 Å². The van der Waals surface area contributed by atoms with E-state index in [1.807, 2.05) is 6.07 Å². The summed E-state index contributed by atoms with van der Waals surface area (Å²) in [6.07, 6.45) is 3.50. The zero-order valence-electron chi connectivity index (χ0n) is 14.8. The normalized spacial score (nSPS) is 16.6. The van der Waals surface area contributed by atoms with Gasteiger partial charge in [-0.2, -0.15) is 0 Å². The summed E-state index contributed by atoms with van der Waals surface area (Å²) in [6.45, 7) is 3.83. The van der Waals surface area contributed by atoms with Gasteiger partial charge in [-0.05, 0) is 30.2 Å². The van der Waals surface area contributed by atoms with Crippen molar-refractivity contribution in [1.82, 2.24) is 15.4 Å². The molecule has 0 aliphatic heterocycles. The number of rotatable bonds is 9. The third-order valence-electron chi connectivity index (χ3n) is 4.31. The Labute approximate surface area is 172 Å². The van der Waals surface area contributed by atoms with E-state index < -0.39 is 10.0 Å². The Morgan fingerprint density at radius 3 is 2.72 bits per heavy atom. The Bertz CT molecular complexity index is 616. The van der Waals surface area contributed by atoms with Gasteiger partial charge in [-0.1, -0.05) is 19.4 Å². The molecule has 25 heavy (non-hydrogen) atoms. The third-order valence-corrected chi connectivity index (χ3v) is 6.76. The summed E-state index contributed by atoms with van der Waals surface area (Å²) in [5.74, 6) is 1.60. The van der Waals surface area contributed by atoms with Crippen LogP contribution >= 0.6 is 35.3 Å². The van der Waals surface area contributed by atoms with Gasteiger partial charge in [-0.25, -0.2) is 13.1 Å². The number of aliphatic imine (C=N–C) groups is 1. The highest BCUT2D eigenvalue weighted by molar-refractivity contribution is 14.0. The van der Waals surface area contributed by atoms with Crippen LogP contribution in [0.4, 0.5) is 0 Å². The second kappa shape index (κ2) is 11.3. The summed E-state index contributed by atoms with van der Waals surface area (Å²) >= 11 is 1.74. The van der Waals surface area contributed by atoms with Crippen LogP contribution in [0.15, 0.2) is 22.5 Å². The van der Waals surface area contributed by atoms with Gasteiger partial charge in [0, 0.05) is 37.5 Å². The van der Waals surface area contributed by atoms with Crippen LogP contribution in [-0.4, -0.2) is 46.8 Å². The van der Waals surface area contributed by atoms with Crippen molar-refractivity contribution in [3.8, 4) is 0 Å². The molecule has 1 heterocycles. The van der Waals surface area contributed by atoms with E-state index in [-0.39, 0.29) is 29.7 Å². The lowest BCUT2D eigenvalue weighted by atomic mass is 9.86. The number of nitrogens with zero attached hydrogens (tertiary/aromatic N) is 1. The first kappa shape index (κ1) is 22.7. The minimum atomic E-state index is -3.22. The van der Waals surface area contributed by atoms with E-state index in [0.29, 0.717) is 30.9 Å². The van der Waals surface area contributed by atoms with Crippen LogP contribution in [0.5, 0.6) is 0 Å². The molecule has 2 rings (SSSR count). The number of halogens is 1. The van der Waals surface area contributed by atoms with E-state index in [2.05, 4.69) is 38.7 Å². The highest BCUT2D eigenvalue weighted by Gasteiger charge is 2.20. The molecule has 1 atom stereocenters. The number of guanidine groups is 1. The summed E-state index contributed by atoms with van der Waals surface area (Å²) in [5.41, 5.74) is 0. The molecule has 1 aromatic heterocycles. The number of sulfonamides is 1. The molecule has 144 valence electrons. The lowest BCUT2D eigenvalue weighted by Crippen LogP contribution is -2.42. The topological polar surface area (TPSA) is 82.6 Å². The van der Waals surface area contributed by atoms with Gasteiger partial charge < -0.3 is 10.6 Å². The van der Waals surface area contributed by atoms with Crippen molar-refractivity contribution in [2.24, 2.45) is 10.9 Å². The first-order valence-electron chi connectivity index (χ1n) is 8.45. The quantitative estimate of drug-likeness (QED) is 0.276. The van der Waals surface area contributed by atoms with E-state index in [1.54, 1.807) is 18.4 Å². The molecule has 9 heteroatoms. The highest BCUT2D eigenvalue weighted by Crippen LogP contribution is 2.25. The van der Waals surface area contributed by atoms with E-state index in [1.165, 1.54) is 11.3 Å². The summed E-state index contributed by atoms with van der Waals surface area (Å²) in [7, 11) is -1.53. The lowest BCUT2D eigenvalue weighted by Gasteiger charge is -2.25. The van der Waals surface area contributed by atoms with E-state index >= 15 is 0 Å². The third kappa shape index (κ3) is 8.23. The van der Waals surface area contributed by atoms with Crippen LogP contribution < -0.4 is 15.4 Å². The van der Waals surface area contributed by atoms with Crippen molar-refractivity contribution >= 4 is 51.3 Å². The molecular formula is C16H29IN4O2S2. The second-order valence-electron chi connectivity index (χ2n) is 6.26. The van der Waals surface area contributed by atoms with Crippen LogP contribution in [0.25, 0.3) is 0 Å². The molecule has 0 amide bonds. The maximum Gasteiger partial charge on any atom is 0.213 e. The molecule has 0 bridgehead atoms. The van der Waals surface area contributed by atoms with Crippen molar-refractivity contribution in [2.45, 2.75) is 32.1 Å². The molecule has 6 nitrogen and oxygen atoms in total. The van der Waals surface area contributed by atoms with Gasteiger partial charge in [0.15, 0.2) is 5.96 Å². The molecule has 1 unspecified atom stereocenters. The Morgan fingerprint density at radius 2 is 2.16 bits per heavy atom. The molecule has 1 aliphatic carbocycles. The molecule has 1 fully saturated rings. The van der Waals surface area contributed by atoms with Gasteiger partial charge in [0.25, 0.3) is 0 Å². The molecule has 0 spiro atoms. The largest absolute Gasteiger partial charge is 0.356 e. The average Bonchev–Trinajstić information content (AvgIpc) is 3.03. The van der Waals surface area contributed by atoms with Crippen molar-refractivity contribution < 1.29 is 8.42 Å². The monoisotopic (exact) mass is 500 g/mol. The number of nitrogens with one attached hydrogen (secondary N) is 3. The van der Waals surface area contributed by atoms with Gasteiger partial charge in [0.05, 0.1) is 5.75 Å². The summed E-state index contributed by atoms with van der Waals surface area (Å²) in [5, 5.41) is 8.38.